The van der Waals surface area contributed by atoms with E-state index >= 15 is 0 Å². The molecule has 0 radical (unpaired) electrons. The molecule has 0 unspecified atom stereocenters. The minimum Gasteiger partial charge on any atom is -0.488 e. The molecule has 1 aliphatic carbocycles. The van der Waals surface area contributed by atoms with E-state index in [-0.39, 0.29) is 5.41 Å². The molecule has 3 nitrogen and oxygen atoms in total. The summed E-state index contributed by atoms with van der Waals surface area (Å²) in [6, 6.07) is 29.7. The number of hydrogen-bond acceptors (Lipinski definition) is 4. The van der Waals surface area contributed by atoms with E-state index in [4.69, 9.17) is 14.7 Å². The molecule has 5 aromatic rings. The van der Waals surface area contributed by atoms with Crippen LogP contribution >= 0.6 is 11.3 Å². The van der Waals surface area contributed by atoms with Gasteiger partial charge in [0, 0.05) is 11.0 Å². The Kier molecular flexibility index (Phi) is 5.19. The third kappa shape index (κ3) is 3.78. The van der Waals surface area contributed by atoms with Gasteiger partial charge in [0.15, 0.2) is 0 Å². The summed E-state index contributed by atoms with van der Waals surface area (Å²) in [7, 11) is 0. The summed E-state index contributed by atoms with van der Waals surface area (Å²) in [6.45, 7) is 4.79. The van der Waals surface area contributed by atoms with Crippen LogP contribution in [0.1, 0.15) is 40.8 Å². The van der Waals surface area contributed by atoms with Crippen LogP contribution in [0.3, 0.4) is 0 Å². The summed E-state index contributed by atoms with van der Waals surface area (Å²) < 4.78 is 6.18. The maximum atomic E-state index is 6.18. The fraction of sp³-hybridized carbons (Fsp3) is 0.200. The molecule has 168 valence electrons. The first-order valence-electron chi connectivity index (χ1n) is 11.7. The minimum absolute atomic E-state index is 0.0739. The molecule has 0 atom stereocenters. The number of nitrogens with zero attached hydrogens (tertiary/aromatic N) is 2. The fourth-order valence-electron chi connectivity index (χ4n) is 4.81. The van der Waals surface area contributed by atoms with Gasteiger partial charge in [-0.05, 0) is 73.2 Å². The van der Waals surface area contributed by atoms with Gasteiger partial charge in [-0.15, -0.1) is 0 Å². The summed E-state index contributed by atoms with van der Waals surface area (Å²) in [4.78, 5) is 11.0. The summed E-state index contributed by atoms with van der Waals surface area (Å²) in [5.74, 6) is 0.952. The van der Waals surface area contributed by atoms with Gasteiger partial charge in [-0.2, -0.15) is 0 Å². The van der Waals surface area contributed by atoms with Gasteiger partial charge in [-0.1, -0.05) is 72.0 Å². The lowest BCUT2D eigenvalue weighted by Crippen LogP contribution is -2.10. The Morgan fingerprint density at radius 1 is 0.824 bits per heavy atom. The number of aromatic nitrogens is 2. The number of fused-ring (bicyclic) bond motifs is 1. The molecular formula is C30H26N2OS. The van der Waals surface area contributed by atoms with Gasteiger partial charge in [0.05, 0.1) is 5.69 Å². The van der Waals surface area contributed by atoms with Crippen LogP contribution in [-0.4, -0.2) is 9.97 Å². The van der Waals surface area contributed by atoms with Crippen molar-refractivity contribution < 1.29 is 4.74 Å². The van der Waals surface area contributed by atoms with Gasteiger partial charge in [0.1, 0.15) is 27.7 Å². The lowest BCUT2D eigenvalue weighted by atomic mass is 9.92. The van der Waals surface area contributed by atoms with Crippen LogP contribution in [-0.2, 0) is 12.0 Å². The predicted octanol–water partition coefficient (Wildman–Crippen LogP) is 7.63. The zero-order valence-electron chi connectivity index (χ0n) is 19.4. The van der Waals surface area contributed by atoms with Crippen LogP contribution in [0.2, 0.25) is 0 Å². The highest BCUT2D eigenvalue weighted by Gasteiger charge is 2.47. The zero-order valence-corrected chi connectivity index (χ0v) is 20.2. The SMILES string of the molecule is Cc1cc(-c2nc3ccc(C4(c5ccccc5)CC4)nc3s2)cc(C)c1OCc1ccccc1. The summed E-state index contributed by atoms with van der Waals surface area (Å²) >= 11 is 1.67. The number of ether oxygens (including phenoxy) is 1. The van der Waals surface area contributed by atoms with Gasteiger partial charge in [0.25, 0.3) is 0 Å². The second-order valence-electron chi connectivity index (χ2n) is 9.20. The molecule has 0 spiro atoms. The van der Waals surface area contributed by atoms with Gasteiger partial charge in [0.2, 0.25) is 0 Å². The van der Waals surface area contributed by atoms with Crippen LogP contribution in [0.4, 0.5) is 0 Å². The molecule has 0 amide bonds. The van der Waals surface area contributed by atoms with Gasteiger partial charge in [-0.25, -0.2) is 9.97 Å². The molecule has 4 heteroatoms. The molecule has 2 heterocycles. The van der Waals surface area contributed by atoms with Gasteiger partial charge in [-0.3, -0.25) is 0 Å². The molecule has 0 saturated heterocycles. The lowest BCUT2D eigenvalue weighted by Gasteiger charge is -2.14. The van der Waals surface area contributed by atoms with E-state index in [0.717, 1.165) is 50.6 Å². The normalized spacial score (nSPS) is 14.3. The van der Waals surface area contributed by atoms with Gasteiger partial charge >= 0.3 is 0 Å². The fourth-order valence-corrected chi connectivity index (χ4v) is 5.74. The number of thiazole rings is 1. The summed E-state index contributed by atoms with van der Waals surface area (Å²) in [5.41, 5.74) is 8.11. The third-order valence-electron chi connectivity index (χ3n) is 6.76. The van der Waals surface area contributed by atoms with E-state index in [1.807, 2.05) is 18.2 Å². The molecule has 1 fully saturated rings. The van der Waals surface area contributed by atoms with Crippen molar-refractivity contribution in [3.63, 3.8) is 0 Å². The quantitative estimate of drug-likeness (QED) is 0.260. The average molecular weight is 463 g/mol. The second kappa shape index (κ2) is 8.37. The monoisotopic (exact) mass is 462 g/mol. The topological polar surface area (TPSA) is 35.0 Å². The average Bonchev–Trinajstić information content (AvgIpc) is 3.57. The van der Waals surface area contributed by atoms with Crippen LogP contribution < -0.4 is 4.74 Å². The number of hydrogen-bond donors (Lipinski definition) is 0. The molecule has 0 bridgehead atoms. The van der Waals surface area contributed by atoms with Crippen molar-refractivity contribution in [2.45, 2.75) is 38.7 Å². The Hall–Kier alpha value is -3.50. The van der Waals surface area contributed by atoms with Crippen LogP contribution in [0.25, 0.3) is 20.9 Å². The maximum Gasteiger partial charge on any atom is 0.144 e. The first-order valence-corrected chi connectivity index (χ1v) is 12.6. The highest BCUT2D eigenvalue weighted by atomic mass is 32.1. The Labute approximate surface area is 204 Å². The molecule has 0 N–H and O–H groups in total. The molecule has 6 rings (SSSR count). The van der Waals surface area contributed by atoms with Crippen molar-refractivity contribution in [3.8, 4) is 16.3 Å². The van der Waals surface area contributed by atoms with E-state index in [1.54, 1.807) is 11.3 Å². The Balaban J connectivity index is 1.29. The van der Waals surface area contributed by atoms with E-state index in [0.29, 0.717) is 6.61 Å². The number of benzene rings is 3. The van der Waals surface area contributed by atoms with Crippen molar-refractivity contribution in [3.05, 3.63) is 113 Å². The van der Waals surface area contributed by atoms with Crippen LogP contribution in [0.15, 0.2) is 84.9 Å². The van der Waals surface area contributed by atoms with E-state index in [1.165, 1.54) is 16.8 Å². The zero-order chi connectivity index (χ0) is 23.1. The molecule has 1 aliphatic rings. The first-order chi connectivity index (χ1) is 16.6. The molecule has 34 heavy (non-hydrogen) atoms. The Morgan fingerprint density at radius 2 is 1.50 bits per heavy atom. The third-order valence-corrected chi connectivity index (χ3v) is 7.77. The van der Waals surface area contributed by atoms with E-state index in [2.05, 4.69) is 80.6 Å². The molecule has 2 aromatic heterocycles. The Bertz CT molecular complexity index is 1450. The summed E-state index contributed by atoms with van der Waals surface area (Å²) in [5, 5.41) is 1.00. The first kappa shape index (κ1) is 21.1. The van der Waals surface area contributed by atoms with Crippen LogP contribution in [0, 0.1) is 13.8 Å². The smallest absolute Gasteiger partial charge is 0.144 e. The van der Waals surface area contributed by atoms with Crippen molar-refractivity contribution in [1.82, 2.24) is 9.97 Å². The molecule has 0 aliphatic heterocycles. The second-order valence-corrected chi connectivity index (χ2v) is 10.2. The number of pyridine rings is 1. The Morgan fingerprint density at radius 3 is 2.18 bits per heavy atom. The minimum atomic E-state index is 0.0739. The largest absolute Gasteiger partial charge is 0.488 e. The standard InChI is InChI=1S/C30H26N2OS/c1-20-17-23(18-21(2)27(20)33-19-22-9-5-3-6-10-22)28-31-25-13-14-26(32-29(25)34-28)30(15-16-30)24-11-7-4-8-12-24/h3-14,17-18H,15-16,19H2,1-2H3. The molecule has 1 saturated carbocycles. The van der Waals surface area contributed by atoms with E-state index < -0.39 is 0 Å². The number of rotatable bonds is 6. The van der Waals surface area contributed by atoms with Crippen molar-refractivity contribution in [1.29, 1.82) is 0 Å². The predicted molar refractivity (Wildman–Crippen MR) is 140 cm³/mol. The molecular weight excluding hydrogens is 436 g/mol. The van der Waals surface area contributed by atoms with Gasteiger partial charge < -0.3 is 4.74 Å². The van der Waals surface area contributed by atoms with Crippen molar-refractivity contribution in [2.75, 3.05) is 0 Å². The number of aryl methyl sites for hydroxylation is 2. The lowest BCUT2D eigenvalue weighted by molar-refractivity contribution is 0.302. The van der Waals surface area contributed by atoms with E-state index in [9.17, 15) is 0 Å². The highest BCUT2D eigenvalue weighted by molar-refractivity contribution is 7.21. The summed E-state index contributed by atoms with van der Waals surface area (Å²) in [6.07, 6.45) is 2.31. The maximum absolute atomic E-state index is 6.18. The molecule has 3 aromatic carbocycles. The van der Waals surface area contributed by atoms with Crippen molar-refractivity contribution >= 4 is 21.7 Å². The van der Waals surface area contributed by atoms with Crippen LogP contribution in [0.5, 0.6) is 5.75 Å². The highest BCUT2D eigenvalue weighted by Crippen LogP contribution is 2.53. The van der Waals surface area contributed by atoms with Crippen molar-refractivity contribution in [2.24, 2.45) is 0 Å².